The lowest BCUT2D eigenvalue weighted by molar-refractivity contribution is -0.384. The molecule has 6 nitrogen and oxygen atoms in total. The number of nitrogens with zero attached hydrogens (tertiary/aromatic N) is 2. The van der Waals surface area contributed by atoms with Crippen molar-refractivity contribution in [3.05, 3.63) is 39.4 Å². The summed E-state index contributed by atoms with van der Waals surface area (Å²) in [6, 6.07) is 4.76. The largest absolute Gasteiger partial charge is 0.465 e. The van der Waals surface area contributed by atoms with Gasteiger partial charge in [-0.05, 0) is 36.5 Å². The highest BCUT2D eigenvalue weighted by Gasteiger charge is 2.54. The van der Waals surface area contributed by atoms with E-state index in [1.165, 1.54) is 11.0 Å². The first kappa shape index (κ1) is 11.0. The Hall–Kier alpha value is -2.11. The zero-order chi connectivity index (χ0) is 12.9. The molecule has 1 heterocycles. The van der Waals surface area contributed by atoms with Gasteiger partial charge < -0.3 is 5.11 Å². The highest BCUT2D eigenvalue weighted by atomic mass is 16.6. The van der Waals surface area contributed by atoms with Gasteiger partial charge in [0.1, 0.15) is 0 Å². The molecule has 1 spiro atoms. The van der Waals surface area contributed by atoms with Crippen LogP contribution in [0.5, 0.6) is 0 Å². The van der Waals surface area contributed by atoms with Crippen LogP contribution in [-0.2, 0) is 12.0 Å². The molecule has 0 bridgehead atoms. The first-order chi connectivity index (χ1) is 8.54. The molecule has 6 heteroatoms. The van der Waals surface area contributed by atoms with Crippen LogP contribution in [0.2, 0.25) is 0 Å². The SMILES string of the molecule is O=C(O)N1CCc2cc([N+](=O)[O-])ccc2C12CC2. The van der Waals surface area contributed by atoms with Gasteiger partial charge in [0, 0.05) is 18.7 Å². The zero-order valence-electron chi connectivity index (χ0n) is 9.63. The van der Waals surface area contributed by atoms with Gasteiger partial charge in [0.05, 0.1) is 10.5 Å². The lowest BCUT2D eigenvalue weighted by Crippen LogP contribution is -2.44. The highest BCUT2D eigenvalue weighted by Crippen LogP contribution is 2.54. The van der Waals surface area contributed by atoms with Crippen molar-refractivity contribution in [2.45, 2.75) is 24.8 Å². The van der Waals surface area contributed by atoms with E-state index in [-0.39, 0.29) is 5.69 Å². The van der Waals surface area contributed by atoms with Gasteiger partial charge in [-0.3, -0.25) is 15.0 Å². The quantitative estimate of drug-likeness (QED) is 0.609. The maximum Gasteiger partial charge on any atom is 0.408 e. The Morgan fingerprint density at radius 2 is 2.17 bits per heavy atom. The fourth-order valence-corrected chi connectivity index (χ4v) is 2.88. The topological polar surface area (TPSA) is 83.7 Å². The van der Waals surface area contributed by atoms with Crippen molar-refractivity contribution in [3.8, 4) is 0 Å². The van der Waals surface area contributed by atoms with Crippen LogP contribution < -0.4 is 0 Å². The minimum absolute atomic E-state index is 0.0772. The molecule has 1 aromatic carbocycles. The van der Waals surface area contributed by atoms with Crippen molar-refractivity contribution < 1.29 is 14.8 Å². The predicted octanol–water partition coefficient (Wildman–Crippen LogP) is 2.12. The molecule has 0 aromatic heterocycles. The Balaban J connectivity index is 2.06. The van der Waals surface area contributed by atoms with Crippen LogP contribution in [0.25, 0.3) is 0 Å². The number of non-ortho nitro benzene ring substituents is 1. The van der Waals surface area contributed by atoms with Crippen molar-refractivity contribution in [2.24, 2.45) is 0 Å². The van der Waals surface area contributed by atoms with Gasteiger partial charge in [-0.1, -0.05) is 0 Å². The van der Waals surface area contributed by atoms with Gasteiger partial charge >= 0.3 is 6.09 Å². The number of hydrogen-bond acceptors (Lipinski definition) is 3. The minimum atomic E-state index is -0.906. The van der Waals surface area contributed by atoms with E-state index in [0.29, 0.717) is 13.0 Å². The molecule has 1 saturated carbocycles. The van der Waals surface area contributed by atoms with Gasteiger partial charge in [0.2, 0.25) is 0 Å². The first-order valence-electron chi connectivity index (χ1n) is 5.83. The van der Waals surface area contributed by atoms with Gasteiger partial charge in [0.25, 0.3) is 5.69 Å². The molecule has 0 radical (unpaired) electrons. The molecule has 2 aliphatic rings. The van der Waals surface area contributed by atoms with E-state index in [0.717, 1.165) is 24.0 Å². The molecule has 0 saturated heterocycles. The first-order valence-corrected chi connectivity index (χ1v) is 5.83. The molecule has 1 aromatic rings. The number of nitro benzene ring substituents is 1. The molecule has 1 aliphatic heterocycles. The number of amides is 1. The summed E-state index contributed by atoms with van der Waals surface area (Å²) in [6.07, 6.45) is 1.26. The number of nitro groups is 1. The smallest absolute Gasteiger partial charge is 0.408 e. The Morgan fingerprint density at radius 1 is 1.44 bits per heavy atom. The number of hydrogen-bond donors (Lipinski definition) is 1. The molecule has 1 aliphatic carbocycles. The Bertz CT molecular complexity index is 551. The van der Waals surface area contributed by atoms with Crippen molar-refractivity contribution >= 4 is 11.8 Å². The van der Waals surface area contributed by atoms with E-state index in [1.807, 2.05) is 0 Å². The third-order valence-electron chi connectivity index (χ3n) is 3.88. The van der Waals surface area contributed by atoms with Crippen molar-refractivity contribution in [2.75, 3.05) is 6.54 Å². The van der Waals surface area contributed by atoms with E-state index in [1.54, 1.807) is 12.1 Å². The van der Waals surface area contributed by atoms with Crippen LogP contribution in [0.3, 0.4) is 0 Å². The van der Waals surface area contributed by atoms with Crippen molar-refractivity contribution in [3.63, 3.8) is 0 Å². The number of carbonyl (C=O) groups is 1. The normalized spacial score (nSPS) is 19.4. The molecule has 94 valence electrons. The lowest BCUT2D eigenvalue weighted by Gasteiger charge is -2.35. The van der Waals surface area contributed by atoms with E-state index in [4.69, 9.17) is 0 Å². The second kappa shape index (κ2) is 3.44. The third-order valence-corrected chi connectivity index (χ3v) is 3.88. The van der Waals surface area contributed by atoms with Crippen molar-refractivity contribution in [1.82, 2.24) is 4.90 Å². The standard InChI is InChI=1S/C12H12N2O4/c15-11(16)13-6-3-8-7-9(14(17)18)1-2-10(8)12(13)4-5-12/h1-2,7H,3-6H2,(H,15,16). The van der Waals surface area contributed by atoms with Gasteiger partial charge in [-0.15, -0.1) is 0 Å². The second-order valence-electron chi connectivity index (χ2n) is 4.81. The fourth-order valence-electron chi connectivity index (χ4n) is 2.88. The van der Waals surface area contributed by atoms with E-state index >= 15 is 0 Å². The summed E-state index contributed by atoms with van der Waals surface area (Å²) in [7, 11) is 0. The van der Waals surface area contributed by atoms with Crippen LogP contribution in [0, 0.1) is 10.1 Å². The highest BCUT2D eigenvalue weighted by molar-refractivity contribution is 5.69. The number of carboxylic acid groups (broad SMARTS) is 1. The maximum absolute atomic E-state index is 11.2. The molecule has 3 rings (SSSR count). The second-order valence-corrected chi connectivity index (χ2v) is 4.81. The number of rotatable bonds is 1. The Labute approximate surface area is 103 Å². The molecule has 0 unspecified atom stereocenters. The molecule has 0 atom stereocenters. The summed E-state index contributed by atoms with van der Waals surface area (Å²) in [6.45, 7) is 0.420. The third kappa shape index (κ3) is 1.38. The molecule has 1 N–H and O–H groups in total. The van der Waals surface area contributed by atoms with Crippen LogP contribution >= 0.6 is 0 Å². The average molecular weight is 248 g/mol. The summed E-state index contributed by atoms with van der Waals surface area (Å²) in [5, 5.41) is 19.9. The molecule has 1 amide bonds. The van der Waals surface area contributed by atoms with E-state index in [2.05, 4.69) is 0 Å². The maximum atomic E-state index is 11.2. The number of benzene rings is 1. The summed E-state index contributed by atoms with van der Waals surface area (Å²) >= 11 is 0. The van der Waals surface area contributed by atoms with Gasteiger partial charge in [-0.2, -0.15) is 0 Å². The molecular formula is C12H12N2O4. The summed E-state index contributed by atoms with van der Waals surface area (Å²) in [5.74, 6) is 0. The number of fused-ring (bicyclic) bond motifs is 2. The molecule has 18 heavy (non-hydrogen) atoms. The summed E-state index contributed by atoms with van der Waals surface area (Å²) in [4.78, 5) is 23.0. The molecular weight excluding hydrogens is 236 g/mol. The van der Waals surface area contributed by atoms with Gasteiger partial charge in [0.15, 0.2) is 0 Å². The summed E-state index contributed by atoms with van der Waals surface area (Å²) in [5.41, 5.74) is 1.53. The minimum Gasteiger partial charge on any atom is -0.465 e. The molecule has 1 fully saturated rings. The Kier molecular flexibility index (Phi) is 2.10. The van der Waals surface area contributed by atoms with Gasteiger partial charge in [-0.25, -0.2) is 4.79 Å². The predicted molar refractivity (Wildman–Crippen MR) is 62.4 cm³/mol. The van der Waals surface area contributed by atoms with Crippen LogP contribution in [0.4, 0.5) is 10.5 Å². The van der Waals surface area contributed by atoms with E-state index in [9.17, 15) is 20.0 Å². The fraction of sp³-hybridized carbons (Fsp3) is 0.417. The van der Waals surface area contributed by atoms with Crippen molar-refractivity contribution in [1.29, 1.82) is 0 Å². The van der Waals surface area contributed by atoms with Crippen LogP contribution in [-0.4, -0.2) is 27.6 Å². The zero-order valence-corrected chi connectivity index (χ0v) is 9.63. The monoisotopic (exact) mass is 248 g/mol. The average Bonchev–Trinajstić information content (AvgIpc) is 3.09. The Morgan fingerprint density at radius 3 is 2.72 bits per heavy atom. The van der Waals surface area contributed by atoms with E-state index < -0.39 is 16.6 Å². The van der Waals surface area contributed by atoms with Crippen LogP contribution in [0.1, 0.15) is 24.0 Å². The van der Waals surface area contributed by atoms with Crippen LogP contribution in [0.15, 0.2) is 18.2 Å². The summed E-state index contributed by atoms with van der Waals surface area (Å²) < 4.78 is 0. The lowest BCUT2D eigenvalue weighted by atomic mass is 9.90.